The summed E-state index contributed by atoms with van der Waals surface area (Å²) in [5.41, 5.74) is 0.957. The van der Waals surface area contributed by atoms with E-state index in [2.05, 4.69) is 20.8 Å². The normalized spacial score (nSPS) is 54.0. The summed E-state index contributed by atoms with van der Waals surface area (Å²) < 4.78 is 5.52. The van der Waals surface area contributed by atoms with Crippen molar-refractivity contribution in [2.24, 2.45) is 45.8 Å². The monoisotopic (exact) mass is 348 g/mol. The Kier molecular flexibility index (Phi) is 4.07. The Morgan fingerprint density at radius 3 is 2.52 bits per heavy atom. The fourth-order valence-corrected chi connectivity index (χ4v) is 8.23. The highest BCUT2D eigenvalue weighted by Crippen LogP contribution is 2.75. The molecule has 0 saturated heterocycles. The van der Waals surface area contributed by atoms with Crippen LogP contribution < -0.4 is 0 Å². The summed E-state index contributed by atoms with van der Waals surface area (Å²) in [6, 6.07) is 0. The van der Waals surface area contributed by atoms with Crippen LogP contribution in [0.3, 0.4) is 0 Å². The summed E-state index contributed by atoms with van der Waals surface area (Å²) in [4.78, 5) is 11.4. The third kappa shape index (κ3) is 2.44. The molecule has 0 unspecified atom stereocenters. The molecule has 4 fully saturated rings. The molecular weight excluding hydrogens is 312 g/mol. The first-order valence-corrected chi connectivity index (χ1v) is 10.5. The standard InChI is InChI=1S/C22H36O3/c1-14(24)25-13-20(2)9-5-10-21(3)16-8-11-22(4)17(12-23)19(22)15(16)6-7-18(20)21/h15-19,23H,5-13H2,1-4H3/t15-,16+,17-,18+,19-,20+,21-,22+/m1/s1. The molecule has 0 spiro atoms. The van der Waals surface area contributed by atoms with Crippen LogP contribution in [0.1, 0.15) is 72.6 Å². The van der Waals surface area contributed by atoms with Gasteiger partial charge in [-0.1, -0.05) is 27.2 Å². The maximum Gasteiger partial charge on any atom is 0.302 e. The van der Waals surface area contributed by atoms with Crippen molar-refractivity contribution in [3.63, 3.8) is 0 Å². The fourth-order valence-electron chi connectivity index (χ4n) is 8.23. The van der Waals surface area contributed by atoms with Gasteiger partial charge >= 0.3 is 5.97 Å². The van der Waals surface area contributed by atoms with Crippen LogP contribution in [0.4, 0.5) is 0 Å². The van der Waals surface area contributed by atoms with E-state index in [1.807, 2.05) is 0 Å². The highest BCUT2D eigenvalue weighted by molar-refractivity contribution is 5.65. The van der Waals surface area contributed by atoms with Crippen molar-refractivity contribution in [1.29, 1.82) is 0 Å². The number of ether oxygens (including phenoxy) is 1. The van der Waals surface area contributed by atoms with Crippen molar-refractivity contribution in [2.45, 2.75) is 72.6 Å². The zero-order valence-corrected chi connectivity index (χ0v) is 16.5. The van der Waals surface area contributed by atoms with Gasteiger partial charge in [0.15, 0.2) is 0 Å². The Hall–Kier alpha value is -0.570. The van der Waals surface area contributed by atoms with E-state index in [-0.39, 0.29) is 11.4 Å². The summed E-state index contributed by atoms with van der Waals surface area (Å²) in [5.74, 6) is 3.46. The number of aliphatic hydroxyl groups is 1. The molecule has 0 aromatic rings. The quantitative estimate of drug-likeness (QED) is 0.768. The van der Waals surface area contributed by atoms with Gasteiger partial charge in [-0.3, -0.25) is 4.79 Å². The topological polar surface area (TPSA) is 46.5 Å². The first-order chi connectivity index (χ1) is 11.8. The summed E-state index contributed by atoms with van der Waals surface area (Å²) in [6.07, 6.45) is 9.02. The summed E-state index contributed by atoms with van der Waals surface area (Å²) >= 11 is 0. The van der Waals surface area contributed by atoms with E-state index in [4.69, 9.17) is 4.74 Å². The van der Waals surface area contributed by atoms with Gasteiger partial charge in [0.2, 0.25) is 0 Å². The predicted octanol–water partition coefficient (Wildman–Crippen LogP) is 4.43. The summed E-state index contributed by atoms with van der Waals surface area (Å²) in [6.45, 7) is 9.87. The van der Waals surface area contributed by atoms with Crippen molar-refractivity contribution in [3.05, 3.63) is 0 Å². The highest BCUT2D eigenvalue weighted by Gasteiger charge is 2.70. The maximum absolute atomic E-state index is 11.4. The molecule has 0 aliphatic heterocycles. The molecule has 25 heavy (non-hydrogen) atoms. The molecular formula is C22H36O3. The lowest BCUT2D eigenvalue weighted by Gasteiger charge is -2.61. The average Bonchev–Trinajstić information content (AvgIpc) is 3.18. The Bertz CT molecular complexity index is 559. The maximum atomic E-state index is 11.4. The van der Waals surface area contributed by atoms with Crippen LogP contribution in [0, 0.1) is 45.8 Å². The molecule has 142 valence electrons. The molecule has 4 rings (SSSR count). The molecule has 0 bridgehead atoms. The lowest BCUT2D eigenvalue weighted by molar-refractivity contribution is -0.161. The zero-order chi connectivity index (χ0) is 18.0. The van der Waals surface area contributed by atoms with E-state index in [9.17, 15) is 9.90 Å². The van der Waals surface area contributed by atoms with E-state index in [1.165, 1.54) is 51.9 Å². The van der Waals surface area contributed by atoms with Gasteiger partial charge in [-0.2, -0.15) is 0 Å². The Morgan fingerprint density at radius 2 is 1.84 bits per heavy atom. The molecule has 3 heteroatoms. The van der Waals surface area contributed by atoms with E-state index >= 15 is 0 Å². The molecule has 0 amide bonds. The first-order valence-electron chi connectivity index (χ1n) is 10.5. The number of hydrogen-bond donors (Lipinski definition) is 1. The second-order valence-corrected chi connectivity index (χ2v) is 10.6. The molecule has 4 aliphatic carbocycles. The van der Waals surface area contributed by atoms with Gasteiger partial charge in [-0.25, -0.2) is 0 Å². The minimum absolute atomic E-state index is 0.139. The fraction of sp³-hybridized carbons (Fsp3) is 0.955. The number of aliphatic hydroxyl groups excluding tert-OH is 1. The second-order valence-electron chi connectivity index (χ2n) is 10.6. The summed E-state index contributed by atoms with van der Waals surface area (Å²) in [5, 5.41) is 9.85. The van der Waals surface area contributed by atoms with Gasteiger partial charge in [0.25, 0.3) is 0 Å². The van der Waals surface area contributed by atoms with Gasteiger partial charge in [0.05, 0.1) is 6.61 Å². The number of carbonyl (C=O) groups is 1. The average molecular weight is 349 g/mol. The Balaban J connectivity index is 1.58. The number of fused-ring (bicyclic) bond motifs is 5. The third-order valence-electron chi connectivity index (χ3n) is 9.44. The number of carbonyl (C=O) groups excluding carboxylic acids is 1. The SMILES string of the molecule is CC(=O)OC[C@]1(C)CCC[C@]2(C)[C@H]3CC[C@]4(C)[C@H]([C@@H]3CC[C@@H]12)[C@H]4CO. The number of esters is 1. The predicted molar refractivity (Wildman–Crippen MR) is 97.8 cm³/mol. The highest BCUT2D eigenvalue weighted by atomic mass is 16.5. The molecule has 1 N–H and O–H groups in total. The molecule has 0 aromatic heterocycles. The third-order valence-corrected chi connectivity index (χ3v) is 9.44. The van der Waals surface area contributed by atoms with Gasteiger partial charge in [0, 0.05) is 18.9 Å². The van der Waals surface area contributed by atoms with Gasteiger partial charge in [0.1, 0.15) is 0 Å². The van der Waals surface area contributed by atoms with Crippen LogP contribution in [-0.4, -0.2) is 24.3 Å². The van der Waals surface area contributed by atoms with Crippen molar-refractivity contribution < 1.29 is 14.6 Å². The van der Waals surface area contributed by atoms with Crippen LogP contribution in [0.2, 0.25) is 0 Å². The first kappa shape index (κ1) is 17.8. The molecule has 3 nitrogen and oxygen atoms in total. The zero-order valence-electron chi connectivity index (χ0n) is 16.5. The largest absolute Gasteiger partial charge is 0.465 e. The van der Waals surface area contributed by atoms with Crippen LogP contribution >= 0.6 is 0 Å². The minimum Gasteiger partial charge on any atom is -0.465 e. The molecule has 4 saturated carbocycles. The Morgan fingerprint density at radius 1 is 1.08 bits per heavy atom. The second kappa shape index (κ2) is 5.71. The number of hydrogen-bond acceptors (Lipinski definition) is 3. The number of rotatable bonds is 3. The van der Waals surface area contributed by atoms with Gasteiger partial charge in [-0.05, 0) is 78.9 Å². The molecule has 0 aromatic carbocycles. The van der Waals surface area contributed by atoms with E-state index in [0.717, 1.165) is 17.8 Å². The van der Waals surface area contributed by atoms with Crippen molar-refractivity contribution >= 4 is 5.97 Å². The van der Waals surface area contributed by atoms with Crippen LogP contribution in [0.5, 0.6) is 0 Å². The van der Waals surface area contributed by atoms with Crippen LogP contribution in [-0.2, 0) is 9.53 Å². The lowest BCUT2D eigenvalue weighted by atomic mass is 9.44. The molecule has 0 heterocycles. The van der Waals surface area contributed by atoms with Gasteiger partial charge < -0.3 is 9.84 Å². The van der Waals surface area contributed by atoms with Crippen molar-refractivity contribution in [1.82, 2.24) is 0 Å². The summed E-state index contributed by atoms with van der Waals surface area (Å²) in [7, 11) is 0. The van der Waals surface area contributed by atoms with E-state index in [0.29, 0.717) is 35.9 Å². The smallest absolute Gasteiger partial charge is 0.302 e. The molecule has 0 radical (unpaired) electrons. The van der Waals surface area contributed by atoms with Crippen LogP contribution in [0.25, 0.3) is 0 Å². The van der Waals surface area contributed by atoms with E-state index < -0.39 is 0 Å². The lowest BCUT2D eigenvalue weighted by Crippen LogP contribution is -2.55. The minimum atomic E-state index is -0.139. The molecule has 4 aliphatic rings. The van der Waals surface area contributed by atoms with Crippen LogP contribution in [0.15, 0.2) is 0 Å². The molecule has 8 atom stereocenters. The van der Waals surface area contributed by atoms with Gasteiger partial charge in [-0.15, -0.1) is 0 Å². The van der Waals surface area contributed by atoms with E-state index in [1.54, 1.807) is 0 Å². The van der Waals surface area contributed by atoms with Crippen molar-refractivity contribution in [2.75, 3.05) is 13.2 Å². The van der Waals surface area contributed by atoms with Crippen molar-refractivity contribution in [3.8, 4) is 0 Å². The Labute approximate surface area is 152 Å².